The molecule has 2 nitrogen and oxygen atoms in total. The third-order valence-corrected chi connectivity index (χ3v) is 1.87. The largest absolute Gasteiger partial charge is 0.330 e. The summed E-state index contributed by atoms with van der Waals surface area (Å²) >= 11 is 0. The average Bonchev–Trinajstić information content (AvgIpc) is 2.35. The molecule has 0 aliphatic rings. The van der Waals surface area contributed by atoms with E-state index in [9.17, 15) is 0 Å². The summed E-state index contributed by atoms with van der Waals surface area (Å²) in [5.41, 5.74) is 6.66. The maximum absolute atomic E-state index is 5.60. The molecule has 0 aromatic carbocycles. The lowest BCUT2D eigenvalue weighted by atomic mass is 9.89. The molecule has 0 unspecified atom stereocenters. The van der Waals surface area contributed by atoms with Crippen molar-refractivity contribution in [1.82, 2.24) is 4.98 Å². The molecule has 0 amide bonds. The summed E-state index contributed by atoms with van der Waals surface area (Å²) in [7, 11) is 0. The molecule has 15 heavy (non-hydrogen) atoms. The van der Waals surface area contributed by atoms with E-state index in [1.807, 2.05) is 45.9 Å². The molecular weight excluding hydrogens is 184 g/mol. The van der Waals surface area contributed by atoms with Crippen LogP contribution in [0, 0.1) is 0 Å². The number of pyridine rings is 1. The lowest BCUT2D eigenvalue weighted by Gasteiger charge is -2.20. The van der Waals surface area contributed by atoms with Gasteiger partial charge in [0.25, 0.3) is 0 Å². The molecule has 0 saturated carbocycles. The van der Waals surface area contributed by atoms with Gasteiger partial charge in [-0.05, 0) is 12.1 Å². The molecular formula is C13H26N2. The summed E-state index contributed by atoms with van der Waals surface area (Å²) in [4.78, 5) is 4.24. The molecule has 0 fully saturated rings. The van der Waals surface area contributed by atoms with E-state index in [0.717, 1.165) is 5.69 Å². The van der Waals surface area contributed by atoms with Crippen molar-refractivity contribution in [1.29, 1.82) is 0 Å². The Balaban J connectivity index is 0. The molecule has 0 aliphatic heterocycles. The zero-order valence-electron chi connectivity index (χ0n) is 11.0. The molecule has 2 N–H and O–H groups in total. The van der Waals surface area contributed by atoms with Crippen molar-refractivity contribution in [2.24, 2.45) is 5.73 Å². The number of hydrogen-bond donors (Lipinski definition) is 1. The molecule has 0 radical (unpaired) electrons. The van der Waals surface area contributed by atoms with E-state index in [4.69, 9.17) is 5.73 Å². The van der Waals surface area contributed by atoms with Gasteiger partial charge in [0.05, 0.1) is 0 Å². The summed E-state index contributed by atoms with van der Waals surface area (Å²) in [6, 6.07) is 5.91. The Kier molecular flexibility index (Phi) is 10.6. The van der Waals surface area contributed by atoms with Crippen LogP contribution >= 0.6 is 0 Å². The smallest absolute Gasteiger partial charge is 0.0472 e. The molecule has 2 heteroatoms. The van der Waals surface area contributed by atoms with Crippen LogP contribution in [-0.2, 0) is 5.41 Å². The first-order valence-electron chi connectivity index (χ1n) is 5.78. The van der Waals surface area contributed by atoms with Gasteiger partial charge < -0.3 is 5.73 Å². The van der Waals surface area contributed by atoms with E-state index in [2.05, 4.69) is 18.8 Å². The van der Waals surface area contributed by atoms with Crippen LogP contribution in [0.4, 0.5) is 0 Å². The molecule has 1 aromatic heterocycles. The SMILES string of the molecule is CC.CC.CC(C)(CN)c1ccccn1. The second-order valence-electron chi connectivity index (χ2n) is 3.30. The maximum Gasteiger partial charge on any atom is 0.0472 e. The first kappa shape index (κ1) is 16.5. The fourth-order valence-electron chi connectivity index (χ4n) is 0.868. The number of nitrogens with zero attached hydrogens (tertiary/aromatic N) is 1. The summed E-state index contributed by atoms with van der Waals surface area (Å²) in [6.07, 6.45) is 1.80. The molecule has 1 aromatic rings. The van der Waals surface area contributed by atoms with Crippen LogP contribution in [0.5, 0.6) is 0 Å². The highest BCUT2D eigenvalue weighted by Gasteiger charge is 2.18. The standard InChI is InChI=1S/C9H14N2.2C2H6/c1-9(2,7-10)8-5-3-4-6-11-8;2*1-2/h3-6H,7,10H2,1-2H3;2*1-2H3. The summed E-state index contributed by atoms with van der Waals surface area (Å²) in [6.45, 7) is 12.8. The van der Waals surface area contributed by atoms with Gasteiger partial charge in [0.2, 0.25) is 0 Å². The van der Waals surface area contributed by atoms with Crippen LogP contribution in [0.1, 0.15) is 47.2 Å². The monoisotopic (exact) mass is 210 g/mol. The fourth-order valence-corrected chi connectivity index (χ4v) is 0.868. The van der Waals surface area contributed by atoms with Crippen molar-refractivity contribution in [3.63, 3.8) is 0 Å². The minimum absolute atomic E-state index is 0.00125. The third kappa shape index (κ3) is 6.24. The average molecular weight is 210 g/mol. The van der Waals surface area contributed by atoms with Crippen LogP contribution in [0.15, 0.2) is 24.4 Å². The van der Waals surface area contributed by atoms with Gasteiger partial charge >= 0.3 is 0 Å². The van der Waals surface area contributed by atoms with Gasteiger partial charge in [0, 0.05) is 23.9 Å². The fraction of sp³-hybridized carbons (Fsp3) is 0.615. The number of aromatic nitrogens is 1. The Bertz CT molecular complexity index is 217. The van der Waals surface area contributed by atoms with Gasteiger partial charge in [0.1, 0.15) is 0 Å². The van der Waals surface area contributed by atoms with Gasteiger partial charge in [-0.3, -0.25) is 4.98 Å². The first-order valence-corrected chi connectivity index (χ1v) is 5.78. The molecule has 0 atom stereocenters. The van der Waals surface area contributed by atoms with Crippen molar-refractivity contribution in [3.8, 4) is 0 Å². The Labute approximate surface area is 94.9 Å². The number of rotatable bonds is 2. The third-order valence-electron chi connectivity index (χ3n) is 1.87. The van der Waals surface area contributed by atoms with Crippen LogP contribution in [0.2, 0.25) is 0 Å². The molecule has 0 spiro atoms. The maximum atomic E-state index is 5.60. The highest BCUT2D eigenvalue weighted by molar-refractivity contribution is 5.14. The molecule has 0 saturated heterocycles. The lowest BCUT2D eigenvalue weighted by molar-refractivity contribution is 0.522. The predicted octanol–water partition coefficient (Wildman–Crippen LogP) is 3.37. The summed E-state index contributed by atoms with van der Waals surface area (Å²) in [5.74, 6) is 0. The van der Waals surface area contributed by atoms with Crippen LogP contribution < -0.4 is 5.73 Å². The van der Waals surface area contributed by atoms with Crippen LogP contribution in [-0.4, -0.2) is 11.5 Å². The van der Waals surface area contributed by atoms with Gasteiger partial charge in [-0.2, -0.15) is 0 Å². The van der Waals surface area contributed by atoms with Crippen LogP contribution in [0.25, 0.3) is 0 Å². The van der Waals surface area contributed by atoms with Crippen molar-refractivity contribution < 1.29 is 0 Å². The Morgan fingerprint density at radius 3 is 2.00 bits per heavy atom. The Morgan fingerprint density at radius 1 is 1.13 bits per heavy atom. The van der Waals surface area contributed by atoms with Crippen LogP contribution in [0.3, 0.4) is 0 Å². The predicted molar refractivity (Wildman–Crippen MR) is 69.0 cm³/mol. The highest BCUT2D eigenvalue weighted by atomic mass is 14.7. The molecule has 0 bridgehead atoms. The van der Waals surface area contributed by atoms with E-state index >= 15 is 0 Å². The summed E-state index contributed by atoms with van der Waals surface area (Å²) < 4.78 is 0. The minimum atomic E-state index is 0.00125. The van der Waals surface area contributed by atoms with E-state index in [-0.39, 0.29) is 5.41 Å². The highest BCUT2D eigenvalue weighted by Crippen LogP contribution is 2.17. The summed E-state index contributed by atoms with van der Waals surface area (Å²) in [5, 5.41) is 0. The first-order chi connectivity index (χ1) is 7.17. The Morgan fingerprint density at radius 2 is 1.67 bits per heavy atom. The van der Waals surface area contributed by atoms with Gasteiger partial charge in [-0.1, -0.05) is 47.6 Å². The lowest BCUT2D eigenvalue weighted by Crippen LogP contribution is -2.28. The quantitative estimate of drug-likeness (QED) is 0.813. The second-order valence-corrected chi connectivity index (χ2v) is 3.30. The zero-order chi connectivity index (χ0) is 12.3. The normalized spacial score (nSPS) is 9.27. The van der Waals surface area contributed by atoms with E-state index in [0.29, 0.717) is 6.54 Å². The van der Waals surface area contributed by atoms with Gasteiger partial charge in [-0.25, -0.2) is 0 Å². The minimum Gasteiger partial charge on any atom is -0.330 e. The molecule has 1 heterocycles. The Hall–Kier alpha value is -0.890. The van der Waals surface area contributed by atoms with Crippen molar-refractivity contribution in [3.05, 3.63) is 30.1 Å². The van der Waals surface area contributed by atoms with Crippen molar-refractivity contribution >= 4 is 0 Å². The van der Waals surface area contributed by atoms with E-state index in [1.165, 1.54) is 0 Å². The molecule has 0 aliphatic carbocycles. The second kappa shape index (κ2) is 9.66. The molecule has 88 valence electrons. The number of nitrogens with two attached hydrogens (primary N) is 1. The van der Waals surface area contributed by atoms with Gasteiger partial charge in [0.15, 0.2) is 0 Å². The van der Waals surface area contributed by atoms with Crippen molar-refractivity contribution in [2.75, 3.05) is 6.54 Å². The van der Waals surface area contributed by atoms with E-state index in [1.54, 1.807) is 6.20 Å². The topological polar surface area (TPSA) is 38.9 Å². The van der Waals surface area contributed by atoms with Crippen molar-refractivity contribution in [2.45, 2.75) is 47.0 Å². The molecule has 1 rings (SSSR count). The number of hydrogen-bond acceptors (Lipinski definition) is 2. The van der Waals surface area contributed by atoms with E-state index < -0.39 is 0 Å². The zero-order valence-corrected chi connectivity index (χ0v) is 11.0. The van der Waals surface area contributed by atoms with Gasteiger partial charge in [-0.15, -0.1) is 0 Å².